The molecule has 0 saturated carbocycles. The highest BCUT2D eigenvalue weighted by Crippen LogP contribution is 2.16. The summed E-state index contributed by atoms with van der Waals surface area (Å²) in [5.74, 6) is 2.76. The van der Waals surface area contributed by atoms with E-state index in [1.165, 1.54) is 19.3 Å². The van der Waals surface area contributed by atoms with Gasteiger partial charge in [-0.15, -0.1) is 10.2 Å². The van der Waals surface area contributed by atoms with Crippen LogP contribution in [0.1, 0.15) is 42.0 Å². The highest BCUT2D eigenvalue weighted by Gasteiger charge is 2.27. The first kappa shape index (κ1) is 23.1. The topological polar surface area (TPSA) is 76.4 Å². The predicted molar refractivity (Wildman–Crippen MR) is 112 cm³/mol. The lowest BCUT2D eigenvalue weighted by molar-refractivity contribution is -0.176. The van der Waals surface area contributed by atoms with E-state index in [4.69, 9.17) is 0 Å². The van der Waals surface area contributed by atoms with Gasteiger partial charge in [0.05, 0.1) is 6.61 Å². The second-order valence-corrected chi connectivity index (χ2v) is 7.52. The SMILES string of the molecule is CN=C(NCCc1nnc2n1CCCCC2)NCc1ccc(COCC(F)(F)F)cc1. The van der Waals surface area contributed by atoms with Gasteiger partial charge in [-0.25, -0.2) is 0 Å². The van der Waals surface area contributed by atoms with Crippen LogP contribution in [0.3, 0.4) is 0 Å². The minimum Gasteiger partial charge on any atom is -0.367 e. The normalized spacial score (nSPS) is 14.8. The maximum atomic E-state index is 12.1. The van der Waals surface area contributed by atoms with Crippen LogP contribution in [-0.4, -0.2) is 47.1 Å². The van der Waals surface area contributed by atoms with Crippen LogP contribution in [-0.2, 0) is 37.3 Å². The number of benzene rings is 1. The van der Waals surface area contributed by atoms with Gasteiger partial charge >= 0.3 is 6.18 Å². The molecular formula is C21H29F3N6O. The predicted octanol–water partition coefficient (Wildman–Crippen LogP) is 2.99. The van der Waals surface area contributed by atoms with Crippen molar-refractivity contribution in [3.8, 4) is 0 Å². The number of nitrogens with zero attached hydrogens (tertiary/aromatic N) is 4. The van der Waals surface area contributed by atoms with Crippen LogP contribution in [0.25, 0.3) is 0 Å². The van der Waals surface area contributed by atoms with Crippen molar-refractivity contribution in [3.63, 3.8) is 0 Å². The van der Waals surface area contributed by atoms with Gasteiger partial charge in [0, 0.05) is 39.5 Å². The van der Waals surface area contributed by atoms with Crippen molar-refractivity contribution in [1.29, 1.82) is 0 Å². The van der Waals surface area contributed by atoms with Crippen molar-refractivity contribution < 1.29 is 17.9 Å². The van der Waals surface area contributed by atoms with E-state index < -0.39 is 12.8 Å². The number of aryl methyl sites for hydroxylation is 1. The molecule has 7 nitrogen and oxygen atoms in total. The van der Waals surface area contributed by atoms with E-state index in [1.807, 2.05) is 12.1 Å². The Labute approximate surface area is 180 Å². The standard InChI is InChI=1S/C21H29F3N6O/c1-25-20(26-11-10-19-29-28-18-5-3-2-4-12-30(18)19)27-13-16-6-8-17(9-7-16)14-31-15-21(22,23)24/h6-9H,2-5,10-15H2,1H3,(H2,25,26,27). The molecule has 31 heavy (non-hydrogen) atoms. The van der Waals surface area contributed by atoms with Gasteiger partial charge in [0.1, 0.15) is 18.3 Å². The van der Waals surface area contributed by atoms with Gasteiger partial charge < -0.3 is 19.9 Å². The number of ether oxygens (including phenoxy) is 1. The first-order valence-electron chi connectivity index (χ1n) is 10.5. The van der Waals surface area contributed by atoms with E-state index in [0.717, 1.165) is 36.6 Å². The lowest BCUT2D eigenvalue weighted by atomic mass is 10.1. The van der Waals surface area contributed by atoms with Gasteiger partial charge in [-0.3, -0.25) is 4.99 Å². The molecule has 0 fully saturated rings. The third-order valence-corrected chi connectivity index (χ3v) is 5.07. The zero-order chi connectivity index (χ0) is 22.1. The van der Waals surface area contributed by atoms with Gasteiger partial charge in [0.25, 0.3) is 0 Å². The maximum absolute atomic E-state index is 12.1. The molecule has 0 saturated heterocycles. The number of hydrogen-bond acceptors (Lipinski definition) is 4. The molecule has 2 aromatic rings. The smallest absolute Gasteiger partial charge is 0.367 e. The van der Waals surface area contributed by atoms with Crippen molar-refractivity contribution in [2.24, 2.45) is 4.99 Å². The van der Waals surface area contributed by atoms with Crippen LogP contribution >= 0.6 is 0 Å². The number of halogens is 3. The number of rotatable bonds is 8. The summed E-state index contributed by atoms with van der Waals surface area (Å²) in [5.41, 5.74) is 1.69. The number of aliphatic imine (C=N–C) groups is 1. The van der Waals surface area contributed by atoms with Gasteiger partial charge in [0.15, 0.2) is 5.96 Å². The highest BCUT2D eigenvalue weighted by molar-refractivity contribution is 5.79. The maximum Gasteiger partial charge on any atom is 0.411 e. The molecular weight excluding hydrogens is 409 g/mol. The molecule has 0 unspecified atom stereocenters. The number of nitrogens with one attached hydrogen (secondary N) is 2. The van der Waals surface area contributed by atoms with Crippen LogP contribution < -0.4 is 10.6 Å². The van der Waals surface area contributed by atoms with Crippen molar-refractivity contribution in [3.05, 3.63) is 47.0 Å². The first-order valence-corrected chi connectivity index (χ1v) is 10.5. The number of hydrogen-bond donors (Lipinski definition) is 2. The molecule has 1 aromatic heterocycles. The zero-order valence-corrected chi connectivity index (χ0v) is 17.7. The summed E-state index contributed by atoms with van der Waals surface area (Å²) in [7, 11) is 1.71. The molecule has 10 heteroatoms. The second-order valence-electron chi connectivity index (χ2n) is 7.52. The Morgan fingerprint density at radius 3 is 2.61 bits per heavy atom. The molecule has 0 radical (unpaired) electrons. The van der Waals surface area contributed by atoms with Gasteiger partial charge in [-0.05, 0) is 24.0 Å². The molecule has 0 bridgehead atoms. The van der Waals surface area contributed by atoms with Crippen molar-refractivity contribution in [2.45, 2.75) is 58.0 Å². The molecule has 0 aliphatic carbocycles. The summed E-state index contributed by atoms with van der Waals surface area (Å²) in [4.78, 5) is 4.23. The molecule has 170 valence electrons. The molecule has 0 amide bonds. The Hall–Kier alpha value is -2.62. The molecule has 1 aliphatic rings. The summed E-state index contributed by atoms with van der Waals surface area (Å²) < 4.78 is 43.3. The van der Waals surface area contributed by atoms with E-state index >= 15 is 0 Å². The van der Waals surface area contributed by atoms with Crippen LogP contribution in [0.15, 0.2) is 29.3 Å². The van der Waals surface area contributed by atoms with Gasteiger partial charge in [0.2, 0.25) is 0 Å². The number of alkyl halides is 3. The average Bonchev–Trinajstić information content (AvgIpc) is 2.96. The molecule has 0 atom stereocenters. The monoisotopic (exact) mass is 438 g/mol. The van der Waals surface area contributed by atoms with Crippen LogP contribution in [0.4, 0.5) is 13.2 Å². The molecule has 2 N–H and O–H groups in total. The third-order valence-electron chi connectivity index (χ3n) is 5.07. The van der Waals surface area contributed by atoms with Crippen molar-refractivity contribution in [2.75, 3.05) is 20.2 Å². The third kappa shape index (κ3) is 7.54. The minimum atomic E-state index is -4.31. The Bertz CT molecular complexity index is 848. The van der Waals surface area contributed by atoms with E-state index in [9.17, 15) is 13.2 Å². The Kier molecular flexibility index (Phi) is 8.27. The van der Waals surface area contributed by atoms with Crippen LogP contribution in [0, 0.1) is 0 Å². The number of fused-ring (bicyclic) bond motifs is 1. The van der Waals surface area contributed by atoms with E-state index in [-0.39, 0.29) is 6.61 Å². The Morgan fingerprint density at radius 2 is 1.87 bits per heavy atom. The average molecular weight is 438 g/mol. The molecule has 1 aromatic carbocycles. The fourth-order valence-corrected chi connectivity index (χ4v) is 3.47. The fraction of sp³-hybridized carbons (Fsp3) is 0.571. The fourth-order valence-electron chi connectivity index (χ4n) is 3.47. The molecule has 1 aliphatic heterocycles. The van der Waals surface area contributed by atoms with E-state index in [0.29, 0.717) is 24.6 Å². The quantitative estimate of drug-likeness (QED) is 0.490. The minimum absolute atomic E-state index is 0.0667. The summed E-state index contributed by atoms with van der Waals surface area (Å²) in [6.45, 7) is 0.914. The zero-order valence-electron chi connectivity index (χ0n) is 17.7. The summed E-state index contributed by atoms with van der Waals surface area (Å²) in [6, 6.07) is 7.25. The summed E-state index contributed by atoms with van der Waals surface area (Å²) in [5, 5.41) is 15.2. The van der Waals surface area contributed by atoms with Gasteiger partial charge in [-0.1, -0.05) is 30.7 Å². The van der Waals surface area contributed by atoms with Crippen molar-refractivity contribution in [1.82, 2.24) is 25.4 Å². The largest absolute Gasteiger partial charge is 0.411 e. The summed E-state index contributed by atoms with van der Waals surface area (Å²) in [6.07, 6.45) is 1.03. The second kappa shape index (κ2) is 11.1. The van der Waals surface area contributed by atoms with Crippen LogP contribution in [0.5, 0.6) is 0 Å². The first-order chi connectivity index (χ1) is 14.9. The van der Waals surface area contributed by atoms with E-state index in [2.05, 4.69) is 35.1 Å². The lowest BCUT2D eigenvalue weighted by Gasteiger charge is -2.13. The Balaban J connectivity index is 1.40. The lowest BCUT2D eigenvalue weighted by Crippen LogP contribution is -2.38. The summed E-state index contributed by atoms with van der Waals surface area (Å²) >= 11 is 0. The highest BCUT2D eigenvalue weighted by atomic mass is 19.4. The van der Waals surface area contributed by atoms with Gasteiger partial charge in [-0.2, -0.15) is 13.2 Å². The molecule has 0 spiro atoms. The number of aromatic nitrogens is 3. The van der Waals surface area contributed by atoms with Crippen LogP contribution in [0.2, 0.25) is 0 Å². The number of guanidine groups is 1. The van der Waals surface area contributed by atoms with E-state index in [1.54, 1.807) is 19.2 Å². The Morgan fingerprint density at radius 1 is 1.10 bits per heavy atom. The molecule has 3 rings (SSSR count). The van der Waals surface area contributed by atoms with Crippen molar-refractivity contribution >= 4 is 5.96 Å². The molecule has 2 heterocycles.